The zero-order valence-corrected chi connectivity index (χ0v) is 17.9. The molecule has 0 radical (unpaired) electrons. The second-order valence-corrected chi connectivity index (χ2v) is 7.95. The largest absolute Gasteiger partial charge is 0.293 e. The Bertz CT molecular complexity index is 1170. The molecule has 2 aromatic carbocycles. The Morgan fingerprint density at radius 3 is 2.52 bits per heavy atom. The first-order valence-corrected chi connectivity index (χ1v) is 10.6. The van der Waals surface area contributed by atoms with Crippen molar-refractivity contribution in [1.82, 2.24) is 30.6 Å². The molecule has 3 heterocycles. The number of tetrazole rings is 1. The Hall–Kier alpha value is -3.74. The van der Waals surface area contributed by atoms with E-state index in [-0.39, 0.29) is 6.04 Å². The summed E-state index contributed by atoms with van der Waals surface area (Å²) in [5, 5.41) is 19.0. The number of aromatic nitrogens is 4. The number of H-pyrrole nitrogens is 1. The molecule has 0 spiro atoms. The SMILES string of the molecule is CCC1=NC2=CC(C)=CN(C)N2C1Cc1ccc(-c2ccccc2-c2nn[nH]n2)cc1. The van der Waals surface area contributed by atoms with Crippen molar-refractivity contribution in [3.05, 3.63) is 77.8 Å². The topological polar surface area (TPSA) is 73.3 Å². The molecule has 1 unspecified atom stereocenters. The van der Waals surface area contributed by atoms with Gasteiger partial charge in [-0.05, 0) is 46.9 Å². The van der Waals surface area contributed by atoms with Crippen LogP contribution in [-0.2, 0) is 6.42 Å². The van der Waals surface area contributed by atoms with E-state index in [1.54, 1.807) is 0 Å². The molecule has 156 valence electrons. The molecular formula is C24H25N7. The number of rotatable bonds is 5. The van der Waals surface area contributed by atoms with Gasteiger partial charge >= 0.3 is 0 Å². The summed E-state index contributed by atoms with van der Waals surface area (Å²) in [6, 6.07) is 17.1. The fourth-order valence-corrected chi connectivity index (χ4v) is 4.42. The fraction of sp³-hybridized carbons (Fsp3) is 0.250. The van der Waals surface area contributed by atoms with Crippen molar-refractivity contribution in [2.45, 2.75) is 32.7 Å². The fourth-order valence-electron chi connectivity index (χ4n) is 4.42. The number of nitrogens with zero attached hydrogens (tertiary/aromatic N) is 6. The Morgan fingerprint density at radius 1 is 1.03 bits per heavy atom. The average Bonchev–Trinajstić information content (AvgIpc) is 3.43. The maximum atomic E-state index is 4.91. The highest BCUT2D eigenvalue weighted by atomic mass is 15.7. The number of hydrogen-bond acceptors (Lipinski definition) is 6. The molecule has 0 fully saturated rings. The normalized spacial score (nSPS) is 17.9. The van der Waals surface area contributed by atoms with Crippen LogP contribution in [0.2, 0.25) is 0 Å². The predicted octanol–water partition coefficient (Wildman–Crippen LogP) is 4.22. The molecule has 3 aromatic rings. The first kappa shape index (κ1) is 19.2. The van der Waals surface area contributed by atoms with Gasteiger partial charge in [0.25, 0.3) is 0 Å². The molecule has 1 atom stereocenters. The zero-order valence-electron chi connectivity index (χ0n) is 17.9. The summed E-state index contributed by atoms with van der Waals surface area (Å²) in [5.41, 5.74) is 6.92. The van der Waals surface area contributed by atoms with Gasteiger partial charge in [-0.25, -0.2) is 4.99 Å². The molecule has 7 heteroatoms. The van der Waals surface area contributed by atoms with Crippen LogP contribution in [0.1, 0.15) is 25.8 Å². The highest BCUT2D eigenvalue weighted by Gasteiger charge is 2.34. The van der Waals surface area contributed by atoms with E-state index in [0.29, 0.717) is 5.82 Å². The van der Waals surface area contributed by atoms with Crippen molar-refractivity contribution in [2.75, 3.05) is 7.05 Å². The van der Waals surface area contributed by atoms with Crippen LogP contribution in [0.5, 0.6) is 0 Å². The van der Waals surface area contributed by atoms with Crippen LogP contribution < -0.4 is 0 Å². The third-order valence-electron chi connectivity index (χ3n) is 5.83. The summed E-state index contributed by atoms with van der Waals surface area (Å²) in [4.78, 5) is 4.91. The van der Waals surface area contributed by atoms with Crippen LogP contribution >= 0.6 is 0 Å². The summed E-state index contributed by atoms with van der Waals surface area (Å²) in [5.74, 6) is 1.64. The number of hydrogen-bond donors (Lipinski definition) is 1. The van der Waals surface area contributed by atoms with E-state index in [1.807, 2.05) is 18.2 Å². The van der Waals surface area contributed by atoms with Crippen LogP contribution in [0, 0.1) is 0 Å². The lowest BCUT2D eigenvalue weighted by atomic mass is 9.95. The monoisotopic (exact) mass is 411 g/mol. The highest BCUT2D eigenvalue weighted by molar-refractivity contribution is 5.92. The summed E-state index contributed by atoms with van der Waals surface area (Å²) < 4.78 is 0. The molecule has 2 aliphatic rings. The van der Waals surface area contributed by atoms with Gasteiger partial charge in [0.1, 0.15) is 5.82 Å². The molecule has 0 amide bonds. The van der Waals surface area contributed by atoms with Gasteiger partial charge in [0.2, 0.25) is 5.82 Å². The first-order valence-electron chi connectivity index (χ1n) is 10.6. The van der Waals surface area contributed by atoms with Crippen LogP contribution in [0.25, 0.3) is 22.5 Å². The van der Waals surface area contributed by atoms with Crippen molar-refractivity contribution < 1.29 is 0 Å². The quantitative estimate of drug-likeness (QED) is 0.681. The second kappa shape index (κ2) is 7.83. The molecule has 2 aliphatic heterocycles. The summed E-state index contributed by atoms with van der Waals surface area (Å²) >= 11 is 0. The van der Waals surface area contributed by atoms with Gasteiger partial charge in [0, 0.05) is 30.9 Å². The van der Waals surface area contributed by atoms with Crippen molar-refractivity contribution in [3.63, 3.8) is 0 Å². The van der Waals surface area contributed by atoms with Gasteiger partial charge < -0.3 is 0 Å². The second-order valence-electron chi connectivity index (χ2n) is 7.95. The average molecular weight is 412 g/mol. The van der Waals surface area contributed by atoms with Crippen molar-refractivity contribution in [2.24, 2.45) is 4.99 Å². The molecule has 0 bridgehead atoms. The van der Waals surface area contributed by atoms with E-state index in [9.17, 15) is 0 Å². The van der Waals surface area contributed by atoms with E-state index >= 15 is 0 Å². The number of nitrogens with one attached hydrogen (secondary N) is 1. The number of benzene rings is 2. The molecule has 0 saturated heterocycles. The minimum atomic E-state index is 0.239. The van der Waals surface area contributed by atoms with Crippen LogP contribution in [0.4, 0.5) is 0 Å². The Labute approximate surface area is 181 Å². The maximum Gasteiger partial charge on any atom is 0.205 e. The van der Waals surface area contributed by atoms with Gasteiger partial charge in [-0.15, -0.1) is 10.2 Å². The van der Waals surface area contributed by atoms with Crippen molar-refractivity contribution in [1.29, 1.82) is 0 Å². The number of allylic oxidation sites excluding steroid dienone is 2. The number of hydrazine groups is 1. The Morgan fingerprint density at radius 2 is 1.81 bits per heavy atom. The summed E-state index contributed by atoms with van der Waals surface area (Å²) in [6.45, 7) is 4.30. The molecule has 1 aromatic heterocycles. The maximum absolute atomic E-state index is 4.91. The highest BCUT2D eigenvalue weighted by Crippen LogP contribution is 2.32. The summed E-state index contributed by atoms with van der Waals surface area (Å²) in [6.07, 6.45) is 6.17. The lowest BCUT2D eigenvalue weighted by Crippen LogP contribution is -2.45. The lowest BCUT2D eigenvalue weighted by Gasteiger charge is -2.37. The molecular weight excluding hydrogens is 386 g/mol. The van der Waals surface area contributed by atoms with Gasteiger partial charge in [0.15, 0.2) is 0 Å². The molecule has 7 nitrogen and oxygen atoms in total. The number of aromatic amines is 1. The Balaban J connectivity index is 1.41. The third kappa shape index (κ3) is 3.52. The minimum Gasteiger partial charge on any atom is -0.293 e. The van der Waals surface area contributed by atoms with E-state index in [4.69, 9.17) is 4.99 Å². The van der Waals surface area contributed by atoms with Crippen molar-refractivity contribution >= 4 is 5.71 Å². The van der Waals surface area contributed by atoms with Crippen LogP contribution in [0.3, 0.4) is 0 Å². The van der Waals surface area contributed by atoms with E-state index in [0.717, 1.165) is 35.4 Å². The summed E-state index contributed by atoms with van der Waals surface area (Å²) in [7, 11) is 2.09. The standard InChI is InChI=1S/C24H25N7/c1-4-21-22(31-23(25-21)13-16(2)15-30(31)3)14-17-9-11-18(12-10-17)19-7-5-6-8-20(19)24-26-28-29-27-24/h5-13,15,22H,4,14H2,1-3H3,(H,26,27,28,29). The molecule has 0 saturated carbocycles. The number of aliphatic imine (C=N–C) groups is 1. The smallest absolute Gasteiger partial charge is 0.205 e. The minimum absolute atomic E-state index is 0.239. The van der Waals surface area contributed by atoms with Gasteiger partial charge in [-0.3, -0.25) is 10.0 Å². The molecule has 5 rings (SSSR count). The Kier molecular flexibility index (Phi) is 4.86. The first-order chi connectivity index (χ1) is 15.1. The van der Waals surface area contributed by atoms with Crippen molar-refractivity contribution in [3.8, 4) is 22.5 Å². The molecule has 0 aliphatic carbocycles. The van der Waals surface area contributed by atoms with Crippen LogP contribution in [0.15, 0.2) is 77.2 Å². The van der Waals surface area contributed by atoms with Gasteiger partial charge in [-0.1, -0.05) is 55.5 Å². The van der Waals surface area contributed by atoms with Gasteiger partial charge in [-0.2, -0.15) is 5.21 Å². The predicted molar refractivity (Wildman–Crippen MR) is 122 cm³/mol. The lowest BCUT2D eigenvalue weighted by molar-refractivity contribution is 0.0708. The number of fused-ring (bicyclic) bond motifs is 1. The van der Waals surface area contributed by atoms with E-state index in [2.05, 4.69) is 94.1 Å². The third-order valence-corrected chi connectivity index (χ3v) is 5.83. The zero-order chi connectivity index (χ0) is 21.4. The van der Waals surface area contributed by atoms with E-state index < -0.39 is 0 Å². The van der Waals surface area contributed by atoms with Crippen LogP contribution in [-0.4, -0.2) is 49.4 Å². The van der Waals surface area contributed by atoms with E-state index in [1.165, 1.54) is 16.8 Å². The molecule has 1 N–H and O–H groups in total. The van der Waals surface area contributed by atoms with Gasteiger partial charge in [0.05, 0.1) is 6.04 Å². The molecule has 31 heavy (non-hydrogen) atoms.